The maximum atomic E-state index is 12.5. The number of carbonyl (C=O) groups excluding carboxylic acids is 1. The summed E-state index contributed by atoms with van der Waals surface area (Å²) in [6.07, 6.45) is 2.41. The van der Waals surface area contributed by atoms with E-state index in [4.69, 9.17) is 14.2 Å². The molecule has 0 unspecified atom stereocenters. The van der Waals surface area contributed by atoms with Gasteiger partial charge in [-0.15, -0.1) is 0 Å². The topological polar surface area (TPSA) is 97.9 Å². The molecule has 0 radical (unpaired) electrons. The average molecular weight is 395 g/mol. The van der Waals surface area contributed by atoms with E-state index in [1.807, 2.05) is 19.1 Å². The molecule has 1 aromatic heterocycles. The molecule has 2 heterocycles. The second-order valence-electron chi connectivity index (χ2n) is 6.84. The number of ether oxygens (including phenoxy) is 3. The summed E-state index contributed by atoms with van der Waals surface area (Å²) in [5, 5.41) is 10.9. The quantitative estimate of drug-likeness (QED) is 0.485. The van der Waals surface area contributed by atoms with E-state index in [1.165, 1.54) is 6.07 Å². The van der Waals surface area contributed by atoms with Gasteiger partial charge in [0.1, 0.15) is 17.2 Å². The number of esters is 1. The number of pyridine rings is 1. The zero-order chi connectivity index (χ0) is 20.4. The fraction of sp³-hybridized carbons (Fsp3) is 0.273. The molecule has 29 heavy (non-hydrogen) atoms. The lowest BCUT2D eigenvalue weighted by Crippen LogP contribution is -2.16. The number of H-pyrrole nitrogens is 1. The van der Waals surface area contributed by atoms with Crippen molar-refractivity contribution in [3.8, 4) is 23.0 Å². The van der Waals surface area contributed by atoms with Crippen LogP contribution in [0.2, 0.25) is 0 Å². The minimum atomic E-state index is -0.754. The van der Waals surface area contributed by atoms with E-state index in [9.17, 15) is 14.7 Å². The summed E-state index contributed by atoms with van der Waals surface area (Å²) in [4.78, 5) is 27.1. The first-order valence-corrected chi connectivity index (χ1v) is 9.56. The van der Waals surface area contributed by atoms with Crippen molar-refractivity contribution in [1.29, 1.82) is 0 Å². The Morgan fingerprint density at radius 2 is 1.97 bits per heavy atom. The van der Waals surface area contributed by atoms with Gasteiger partial charge in [0.15, 0.2) is 11.4 Å². The van der Waals surface area contributed by atoms with E-state index in [0.717, 1.165) is 24.2 Å². The van der Waals surface area contributed by atoms with Crippen LogP contribution in [0.4, 0.5) is 0 Å². The molecular formula is C22H21NO6. The molecule has 7 heteroatoms. The number of benzene rings is 2. The normalized spacial score (nSPS) is 12.4. The standard InChI is InChI=1S/C22H21NO6/c1-2-3-9-28-22(26)19-20(24)16-6-4-15(12-17(16)21(25)23-19)29-14-5-7-18-13(11-14)8-10-27-18/h4-7,11-12,24H,2-3,8-10H2,1H3,(H,23,25). The molecule has 4 rings (SSSR count). The molecule has 2 aromatic carbocycles. The van der Waals surface area contributed by atoms with Crippen molar-refractivity contribution in [1.82, 2.24) is 4.98 Å². The number of fused-ring (bicyclic) bond motifs is 2. The van der Waals surface area contributed by atoms with Crippen LogP contribution in [0.1, 0.15) is 35.8 Å². The number of hydrogen-bond donors (Lipinski definition) is 2. The number of unbranched alkanes of at least 4 members (excludes halogenated alkanes) is 1. The van der Waals surface area contributed by atoms with E-state index in [-0.39, 0.29) is 28.8 Å². The highest BCUT2D eigenvalue weighted by Crippen LogP contribution is 2.33. The third kappa shape index (κ3) is 3.76. The van der Waals surface area contributed by atoms with E-state index in [2.05, 4.69) is 4.98 Å². The lowest BCUT2D eigenvalue weighted by atomic mass is 10.1. The Bertz CT molecular complexity index is 1130. The van der Waals surface area contributed by atoms with Crippen LogP contribution < -0.4 is 15.0 Å². The summed E-state index contributed by atoms with van der Waals surface area (Å²) in [6.45, 7) is 2.86. The lowest BCUT2D eigenvalue weighted by molar-refractivity contribution is 0.0489. The second-order valence-corrected chi connectivity index (χ2v) is 6.84. The zero-order valence-corrected chi connectivity index (χ0v) is 16.0. The van der Waals surface area contributed by atoms with Crippen LogP contribution in [0.5, 0.6) is 23.0 Å². The van der Waals surface area contributed by atoms with Crippen LogP contribution >= 0.6 is 0 Å². The summed E-state index contributed by atoms with van der Waals surface area (Å²) in [7, 11) is 0. The van der Waals surface area contributed by atoms with Crippen molar-refractivity contribution in [2.24, 2.45) is 0 Å². The van der Waals surface area contributed by atoms with E-state index in [0.29, 0.717) is 24.5 Å². The Kier molecular flexibility index (Phi) is 5.12. The van der Waals surface area contributed by atoms with Crippen LogP contribution in [0.25, 0.3) is 10.8 Å². The summed E-state index contributed by atoms with van der Waals surface area (Å²) in [5.74, 6) is 0.860. The molecule has 0 saturated carbocycles. The van der Waals surface area contributed by atoms with Gasteiger partial charge in [0, 0.05) is 17.4 Å². The molecule has 0 aliphatic carbocycles. The Balaban J connectivity index is 1.62. The molecule has 2 N–H and O–H groups in total. The summed E-state index contributed by atoms with van der Waals surface area (Å²) in [6, 6.07) is 10.3. The van der Waals surface area contributed by atoms with Gasteiger partial charge < -0.3 is 24.3 Å². The highest BCUT2D eigenvalue weighted by molar-refractivity contribution is 5.99. The molecule has 0 atom stereocenters. The minimum absolute atomic E-state index is 0.217. The first-order valence-electron chi connectivity index (χ1n) is 9.56. The molecule has 150 valence electrons. The maximum Gasteiger partial charge on any atom is 0.358 e. The van der Waals surface area contributed by atoms with Crippen molar-refractivity contribution >= 4 is 16.7 Å². The van der Waals surface area contributed by atoms with Gasteiger partial charge in [0.05, 0.1) is 18.6 Å². The van der Waals surface area contributed by atoms with Gasteiger partial charge in [-0.1, -0.05) is 13.3 Å². The van der Waals surface area contributed by atoms with Crippen molar-refractivity contribution < 1.29 is 24.1 Å². The largest absolute Gasteiger partial charge is 0.505 e. The zero-order valence-electron chi connectivity index (χ0n) is 16.0. The highest BCUT2D eigenvalue weighted by Gasteiger charge is 2.19. The molecule has 0 fully saturated rings. The summed E-state index contributed by atoms with van der Waals surface area (Å²) < 4.78 is 16.4. The second kappa shape index (κ2) is 7.87. The van der Waals surface area contributed by atoms with Crippen LogP contribution in [0, 0.1) is 0 Å². The lowest BCUT2D eigenvalue weighted by Gasteiger charge is -2.10. The Morgan fingerprint density at radius 3 is 2.79 bits per heavy atom. The molecule has 0 amide bonds. The molecule has 0 bridgehead atoms. The molecule has 3 aromatic rings. The molecule has 1 aliphatic heterocycles. The van der Waals surface area contributed by atoms with Crippen LogP contribution in [-0.4, -0.2) is 29.3 Å². The predicted octanol–water partition coefficient (Wildman–Crippen LogP) is 3.92. The SMILES string of the molecule is CCCCOC(=O)c1[nH]c(=O)c2cc(Oc3ccc4c(c3)CCO4)ccc2c1O. The fourth-order valence-corrected chi connectivity index (χ4v) is 3.25. The van der Waals surface area contributed by atoms with Crippen molar-refractivity contribution in [3.05, 3.63) is 58.0 Å². The number of carbonyl (C=O) groups is 1. The molecule has 0 spiro atoms. The van der Waals surface area contributed by atoms with Crippen molar-refractivity contribution in [2.45, 2.75) is 26.2 Å². The number of aromatic nitrogens is 1. The van der Waals surface area contributed by atoms with Gasteiger partial charge in [-0.2, -0.15) is 0 Å². The maximum absolute atomic E-state index is 12.5. The van der Waals surface area contributed by atoms with Gasteiger partial charge in [0.2, 0.25) is 0 Å². The van der Waals surface area contributed by atoms with Gasteiger partial charge in [-0.25, -0.2) is 4.79 Å². The molecule has 7 nitrogen and oxygen atoms in total. The van der Waals surface area contributed by atoms with Gasteiger partial charge in [-0.05, 0) is 42.8 Å². The van der Waals surface area contributed by atoms with Crippen LogP contribution in [-0.2, 0) is 11.2 Å². The third-order valence-corrected chi connectivity index (χ3v) is 4.80. The first-order chi connectivity index (χ1) is 14.1. The van der Waals surface area contributed by atoms with Crippen LogP contribution in [0.3, 0.4) is 0 Å². The third-order valence-electron chi connectivity index (χ3n) is 4.80. The summed E-state index contributed by atoms with van der Waals surface area (Å²) in [5.41, 5.74) is 0.323. The average Bonchev–Trinajstić information content (AvgIpc) is 3.18. The molecule has 1 aliphatic rings. The number of nitrogens with one attached hydrogen (secondary N) is 1. The Labute approximate surface area is 166 Å². The van der Waals surface area contributed by atoms with E-state index >= 15 is 0 Å². The monoisotopic (exact) mass is 395 g/mol. The predicted molar refractivity (Wildman–Crippen MR) is 107 cm³/mol. The smallest absolute Gasteiger partial charge is 0.358 e. The first kappa shape index (κ1) is 18.9. The number of hydrogen-bond acceptors (Lipinski definition) is 6. The molecular weight excluding hydrogens is 374 g/mol. The number of aromatic amines is 1. The van der Waals surface area contributed by atoms with Gasteiger partial charge in [-0.3, -0.25) is 4.79 Å². The van der Waals surface area contributed by atoms with Gasteiger partial charge in [0.25, 0.3) is 5.56 Å². The van der Waals surface area contributed by atoms with E-state index in [1.54, 1.807) is 18.2 Å². The Hall–Kier alpha value is -3.48. The van der Waals surface area contributed by atoms with Crippen LogP contribution in [0.15, 0.2) is 41.2 Å². The van der Waals surface area contributed by atoms with Crippen molar-refractivity contribution in [2.75, 3.05) is 13.2 Å². The number of aromatic hydroxyl groups is 1. The van der Waals surface area contributed by atoms with Gasteiger partial charge >= 0.3 is 5.97 Å². The van der Waals surface area contributed by atoms with E-state index < -0.39 is 11.5 Å². The Morgan fingerprint density at radius 1 is 1.17 bits per heavy atom. The molecule has 0 saturated heterocycles. The number of rotatable bonds is 6. The van der Waals surface area contributed by atoms with Crippen molar-refractivity contribution in [3.63, 3.8) is 0 Å². The highest BCUT2D eigenvalue weighted by atomic mass is 16.5. The fourth-order valence-electron chi connectivity index (χ4n) is 3.25. The summed E-state index contributed by atoms with van der Waals surface area (Å²) >= 11 is 0. The minimum Gasteiger partial charge on any atom is -0.505 e.